The molecule has 0 radical (unpaired) electrons. The van der Waals surface area contributed by atoms with Gasteiger partial charge in [0.1, 0.15) is 0 Å². The zero-order chi connectivity index (χ0) is 17.9. The minimum absolute atomic E-state index is 0. The van der Waals surface area contributed by atoms with E-state index in [-0.39, 0.29) is 12.4 Å². The van der Waals surface area contributed by atoms with Gasteiger partial charge in [-0.05, 0) is 36.4 Å². The van der Waals surface area contributed by atoms with E-state index in [1.54, 1.807) is 0 Å². The van der Waals surface area contributed by atoms with E-state index in [2.05, 4.69) is 16.0 Å². The number of hydrogen-bond donors (Lipinski definition) is 1. The van der Waals surface area contributed by atoms with Crippen molar-refractivity contribution >= 4 is 29.4 Å². The minimum atomic E-state index is -4.29. The monoisotopic (exact) mass is 380 g/mol. The van der Waals surface area contributed by atoms with Gasteiger partial charge in [-0.2, -0.15) is 13.2 Å². The SMILES string of the molecule is CN(C/C=C/c1ccc(C(F)(F)F)cc1)Cc1c[nH]c2ccccc12.Cl. The van der Waals surface area contributed by atoms with Gasteiger partial charge in [0, 0.05) is 30.2 Å². The average molecular weight is 381 g/mol. The van der Waals surface area contributed by atoms with Crippen molar-refractivity contribution in [1.82, 2.24) is 9.88 Å². The van der Waals surface area contributed by atoms with E-state index in [9.17, 15) is 13.2 Å². The molecule has 3 aromatic rings. The molecule has 26 heavy (non-hydrogen) atoms. The Kier molecular flexibility index (Phi) is 6.51. The fourth-order valence-electron chi connectivity index (χ4n) is 2.77. The van der Waals surface area contributed by atoms with Gasteiger partial charge in [0.2, 0.25) is 0 Å². The maximum Gasteiger partial charge on any atom is 0.416 e. The highest BCUT2D eigenvalue weighted by atomic mass is 35.5. The molecule has 0 aliphatic carbocycles. The molecule has 0 aliphatic heterocycles. The molecule has 0 atom stereocenters. The first kappa shape index (κ1) is 20.1. The highest BCUT2D eigenvalue weighted by Crippen LogP contribution is 2.29. The number of aromatic amines is 1. The Hall–Kier alpha value is -2.24. The molecule has 0 fully saturated rings. The van der Waals surface area contributed by atoms with Crippen molar-refractivity contribution in [2.45, 2.75) is 12.7 Å². The first-order valence-corrected chi connectivity index (χ1v) is 8.01. The molecule has 0 saturated carbocycles. The van der Waals surface area contributed by atoms with Crippen LogP contribution >= 0.6 is 12.4 Å². The molecule has 6 heteroatoms. The van der Waals surface area contributed by atoms with Crippen LogP contribution in [-0.2, 0) is 12.7 Å². The fraction of sp³-hybridized carbons (Fsp3) is 0.200. The number of nitrogens with zero attached hydrogens (tertiary/aromatic N) is 1. The first-order chi connectivity index (χ1) is 11.9. The summed E-state index contributed by atoms with van der Waals surface area (Å²) >= 11 is 0. The van der Waals surface area contributed by atoms with Gasteiger partial charge in [0.15, 0.2) is 0 Å². The normalized spacial score (nSPS) is 12.0. The number of alkyl halides is 3. The number of fused-ring (bicyclic) bond motifs is 1. The van der Waals surface area contributed by atoms with Gasteiger partial charge < -0.3 is 4.98 Å². The lowest BCUT2D eigenvalue weighted by molar-refractivity contribution is -0.137. The maximum atomic E-state index is 12.5. The highest BCUT2D eigenvalue weighted by molar-refractivity contribution is 5.85. The van der Waals surface area contributed by atoms with E-state index in [1.165, 1.54) is 23.1 Å². The predicted molar refractivity (Wildman–Crippen MR) is 102 cm³/mol. The summed E-state index contributed by atoms with van der Waals surface area (Å²) in [5.41, 5.74) is 2.47. The third-order valence-corrected chi connectivity index (χ3v) is 4.08. The van der Waals surface area contributed by atoms with E-state index in [0.29, 0.717) is 6.54 Å². The summed E-state index contributed by atoms with van der Waals surface area (Å²) in [6.07, 6.45) is 1.52. The highest BCUT2D eigenvalue weighted by Gasteiger charge is 2.29. The number of nitrogens with one attached hydrogen (secondary N) is 1. The number of H-pyrrole nitrogens is 1. The van der Waals surface area contributed by atoms with Crippen LogP contribution in [0.1, 0.15) is 16.7 Å². The Labute approximate surface area is 156 Å². The second-order valence-electron chi connectivity index (χ2n) is 6.08. The van der Waals surface area contributed by atoms with Crippen LogP contribution in [-0.4, -0.2) is 23.5 Å². The lowest BCUT2D eigenvalue weighted by Crippen LogP contribution is -2.17. The van der Waals surface area contributed by atoms with E-state index in [4.69, 9.17) is 0 Å². The summed E-state index contributed by atoms with van der Waals surface area (Å²) in [7, 11) is 2.01. The van der Waals surface area contributed by atoms with Gasteiger partial charge in [-0.3, -0.25) is 4.90 Å². The van der Waals surface area contributed by atoms with Crippen molar-refractivity contribution in [2.75, 3.05) is 13.6 Å². The van der Waals surface area contributed by atoms with E-state index in [1.807, 2.05) is 43.6 Å². The van der Waals surface area contributed by atoms with E-state index in [0.717, 1.165) is 29.8 Å². The topological polar surface area (TPSA) is 19.0 Å². The number of halogens is 4. The first-order valence-electron chi connectivity index (χ1n) is 8.01. The molecule has 1 heterocycles. The van der Waals surface area contributed by atoms with Crippen LogP contribution < -0.4 is 0 Å². The standard InChI is InChI=1S/C20H19F3N2.ClH/c1-25(14-16-13-24-19-7-3-2-6-18(16)19)12-4-5-15-8-10-17(11-9-15)20(21,22)23;/h2-11,13,24H,12,14H2,1H3;1H/b5-4+;. The van der Waals surface area contributed by atoms with Gasteiger partial charge in [-0.25, -0.2) is 0 Å². The summed E-state index contributed by atoms with van der Waals surface area (Å²) in [6.45, 7) is 1.50. The molecule has 2 aromatic carbocycles. The van der Waals surface area contributed by atoms with Crippen molar-refractivity contribution in [3.63, 3.8) is 0 Å². The molecule has 1 N–H and O–H groups in total. The van der Waals surface area contributed by atoms with Crippen molar-refractivity contribution in [3.8, 4) is 0 Å². The van der Waals surface area contributed by atoms with Crippen molar-refractivity contribution < 1.29 is 13.2 Å². The Morgan fingerprint density at radius 3 is 2.42 bits per heavy atom. The molecular formula is C20H20ClF3N2. The summed E-state index contributed by atoms with van der Waals surface area (Å²) in [5, 5.41) is 1.21. The van der Waals surface area contributed by atoms with Crippen LogP contribution in [0.15, 0.2) is 60.8 Å². The summed E-state index contributed by atoms with van der Waals surface area (Å²) < 4.78 is 37.6. The molecule has 0 aliphatic rings. The van der Waals surface area contributed by atoms with Crippen LogP contribution in [0.5, 0.6) is 0 Å². The zero-order valence-electron chi connectivity index (χ0n) is 14.3. The van der Waals surface area contributed by atoms with Gasteiger partial charge in [-0.15, -0.1) is 12.4 Å². The summed E-state index contributed by atoms with van der Waals surface area (Å²) in [4.78, 5) is 5.41. The minimum Gasteiger partial charge on any atom is -0.361 e. The number of aromatic nitrogens is 1. The lowest BCUT2D eigenvalue weighted by atomic mass is 10.1. The number of likely N-dealkylation sites (N-methyl/N-ethyl adjacent to an activating group) is 1. The second kappa shape index (κ2) is 8.43. The van der Waals surface area contributed by atoms with Crippen molar-refractivity contribution in [3.05, 3.63) is 77.5 Å². The quantitative estimate of drug-likeness (QED) is 0.596. The number of rotatable bonds is 5. The van der Waals surface area contributed by atoms with Gasteiger partial charge >= 0.3 is 6.18 Å². The Bertz CT molecular complexity index is 867. The molecule has 0 saturated heterocycles. The van der Waals surface area contributed by atoms with Gasteiger partial charge in [-0.1, -0.05) is 42.5 Å². The number of para-hydroxylation sites is 1. The molecule has 0 bridgehead atoms. The van der Waals surface area contributed by atoms with Gasteiger partial charge in [0.05, 0.1) is 5.56 Å². The van der Waals surface area contributed by atoms with Crippen LogP contribution in [0.3, 0.4) is 0 Å². The van der Waals surface area contributed by atoms with Gasteiger partial charge in [0.25, 0.3) is 0 Å². The Morgan fingerprint density at radius 2 is 1.73 bits per heavy atom. The molecule has 138 valence electrons. The second-order valence-corrected chi connectivity index (χ2v) is 6.08. The smallest absolute Gasteiger partial charge is 0.361 e. The van der Waals surface area contributed by atoms with Crippen LogP contribution in [0, 0.1) is 0 Å². The Morgan fingerprint density at radius 1 is 1.04 bits per heavy atom. The predicted octanol–water partition coefficient (Wildman–Crippen LogP) is 5.75. The van der Waals surface area contributed by atoms with Crippen molar-refractivity contribution in [2.24, 2.45) is 0 Å². The molecule has 0 amide bonds. The van der Waals surface area contributed by atoms with Crippen molar-refractivity contribution in [1.29, 1.82) is 0 Å². The lowest BCUT2D eigenvalue weighted by Gasteiger charge is -2.13. The number of benzene rings is 2. The molecule has 1 aromatic heterocycles. The molecule has 3 rings (SSSR count). The van der Waals surface area contributed by atoms with Crippen LogP contribution in [0.25, 0.3) is 17.0 Å². The molecular weight excluding hydrogens is 361 g/mol. The average Bonchev–Trinajstić information content (AvgIpc) is 2.98. The van der Waals surface area contributed by atoms with Crippen LogP contribution in [0.2, 0.25) is 0 Å². The van der Waals surface area contributed by atoms with Crippen LogP contribution in [0.4, 0.5) is 13.2 Å². The van der Waals surface area contributed by atoms with E-state index >= 15 is 0 Å². The zero-order valence-corrected chi connectivity index (χ0v) is 15.1. The third-order valence-electron chi connectivity index (χ3n) is 4.08. The molecule has 0 unspecified atom stereocenters. The van der Waals surface area contributed by atoms with E-state index < -0.39 is 11.7 Å². The third kappa shape index (κ3) is 4.90. The fourth-order valence-corrected chi connectivity index (χ4v) is 2.77. The summed E-state index contributed by atoms with van der Waals surface area (Å²) in [5.74, 6) is 0. The largest absolute Gasteiger partial charge is 0.416 e. The molecule has 2 nitrogen and oxygen atoms in total. The molecule has 0 spiro atoms. The number of hydrogen-bond acceptors (Lipinski definition) is 1. The Balaban J connectivity index is 0.00000243. The summed E-state index contributed by atoms with van der Waals surface area (Å²) in [6, 6.07) is 13.3. The maximum absolute atomic E-state index is 12.5.